The molecule has 1 unspecified atom stereocenters. The Labute approximate surface area is 90.7 Å². The molecule has 0 bridgehead atoms. The van der Waals surface area contributed by atoms with Gasteiger partial charge in [-0.25, -0.2) is 8.42 Å². The number of nitrogens with one attached hydrogen (secondary N) is 1. The van der Waals surface area contributed by atoms with E-state index in [0.29, 0.717) is 0 Å². The third-order valence-electron chi connectivity index (χ3n) is 1.19. The van der Waals surface area contributed by atoms with E-state index in [4.69, 9.17) is 11.6 Å². The van der Waals surface area contributed by atoms with Crippen molar-refractivity contribution in [1.82, 2.24) is 4.89 Å². The number of hydrogen-bond donors (Lipinski definition) is 1. The Bertz CT molecular complexity index is 280. The minimum absolute atomic E-state index is 0.0974. The first kappa shape index (κ1) is 14.9. The lowest BCUT2D eigenvalue weighted by Gasteiger charge is -2.11. The van der Waals surface area contributed by atoms with Crippen LogP contribution in [0.1, 0.15) is 6.92 Å². The predicted molar refractivity (Wildman–Crippen MR) is 48.8 cm³/mol. The quantitative estimate of drug-likeness (QED) is 0.584. The van der Waals surface area contributed by atoms with E-state index in [-0.39, 0.29) is 17.6 Å². The molecule has 0 heterocycles. The molecule has 0 aromatic carbocycles. The number of rotatable bonds is 6. The van der Waals surface area contributed by atoms with Crippen molar-refractivity contribution in [3.63, 3.8) is 0 Å². The van der Waals surface area contributed by atoms with Gasteiger partial charge in [0.15, 0.2) is 6.61 Å². The molecule has 0 radical (unpaired) electrons. The van der Waals surface area contributed by atoms with Gasteiger partial charge in [0.25, 0.3) is 0 Å². The molecule has 92 valence electrons. The lowest BCUT2D eigenvalue weighted by Crippen LogP contribution is -2.33. The van der Waals surface area contributed by atoms with Gasteiger partial charge in [-0.15, -0.1) is 11.6 Å². The second kappa shape index (κ2) is 5.88. The summed E-state index contributed by atoms with van der Waals surface area (Å²) in [6.07, 6.45) is -4.57. The van der Waals surface area contributed by atoms with E-state index < -0.39 is 22.8 Å². The van der Waals surface area contributed by atoms with Crippen LogP contribution in [0.5, 0.6) is 0 Å². The molecule has 0 aliphatic heterocycles. The molecule has 0 saturated heterocycles. The number of hydrogen-bond acceptors (Lipinski definition) is 3. The Morgan fingerprint density at radius 3 is 2.40 bits per heavy atom. The number of alkyl halides is 4. The van der Waals surface area contributed by atoms with E-state index in [0.717, 1.165) is 0 Å². The highest BCUT2D eigenvalue weighted by atomic mass is 35.5. The van der Waals surface area contributed by atoms with Gasteiger partial charge in [0.2, 0.25) is 10.0 Å². The van der Waals surface area contributed by atoms with E-state index >= 15 is 0 Å². The standard InChI is InChI=1S/C6H11ClF3NO3S/c1-5(2-7)3-15(12,13)11-14-4-6(8,9)10/h5,11H,2-4H2,1H3. The van der Waals surface area contributed by atoms with Crippen LogP contribution in [0.3, 0.4) is 0 Å². The third-order valence-corrected chi connectivity index (χ3v) is 3.10. The number of halogens is 4. The molecule has 0 aliphatic rings. The summed E-state index contributed by atoms with van der Waals surface area (Å²) in [5.41, 5.74) is 0. The second-order valence-electron chi connectivity index (χ2n) is 3.03. The van der Waals surface area contributed by atoms with Crippen molar-refractivity contribution >= 4 is 21.6 Å². The van der Waals surface area contributed by atoms with Gasteiger partial charge in [0.05, 0.1) is 5.75 Å². The molecule has 1 N–H and O–H groups in total. The summed E-state index contributed by atoms with van der Waals surface area (Å²) in [4.78, 5) is 5.18. The van der Waals surface area contributed by atoms with Crippen LogP contribution in [0.25, 0.3) is 0 Å². The Balaban J connectivity index is 3.96. The summed E-state index contributed by atoms with van der Waals surface area (Å²) >= 11 is 5.35. The lowest BCUT2D eigenvalue weighted by molar-refractivity contribution is -0.181. The molecular formula is C6H11ClF3NO3S. The Kier molecular flexibility index (Phi) is 5.86. The van der Waals surface area contributed by atoms with Crippen LogP contribution in [0.2, 0.25) is 0 Å². The van der Waals surface area contributed by atoms with Crippen molar-refractivity contribution in [2.24, 2.45) is 5.92 Å². The topological polar surface area (TPSA) is 55.4 Å². The molecule has 0 aromatic heterocycles. The van der Waals surface area contributed by atoms with Gasteiger partial charge in [-0.3, -0.25) is 4.84 Å². The van der Waals surface area contributed by atoms with Gasteiger partial charge in [0.1, 0.15) is 0 Å². The molecule has 0 spiro atoms. The molecule has 0 amide bonds. The Morgan fingerprint density at radius 2 is 2.00 bits per heavy atom. The zero-order chi connectivity index (χ0) is 12.1. The van der Waals surface area contributed by atoms with Crippen LogP contribution < -0.4 is 4.89 Å². The molecule has 9 heteroatoms. The first-order valence-electron chi connectivity index (χ1n) is 3.90. The summed E-state index contributed by atoms with van der Waals surface area (Å²) in [5, 5.41) is 0. The molecular weight excluding hydrogens is 259 g/mol. The van der Waals surface area contributed by atoms with Crippen molar-refractivity contribution < 1.29 is 26.4 Å². The molecule has 0 rings (SSSR count). The maximum absolute atomic E-state index is 11.6. The summed E-state index contributed by atoms with van der Waals surface area (Å²) in [7, 11) is -3.87. The fourth-order valence-corrected chi connectivity index (χ4v) is 2.07. The highest BCUT2D eigenvalue weighted by Gasteiger charge is 2.29. The van der Waals surface area contributed by atoms with Gasteiger partial charge < -0.3 is 0 Å². The molecule has 0 aliphatic carbocycles. The van der Waals surface area contributed by atoms with Gasteiger partial charge in [-0.1, -0.05) is 11.8 Å². The maximum Gasteiger partial charge on any atom is 0.413 e. The van der Waals surface area contributed by atoms with Crippen molar-refractivity contribution in [3.8, 4) is 0 Å². The maximum atomic E-state index is 11.6. The summed E-state index contributed by atoms with van der Waals surface area (Å²) in [5.74, 6) is -0.646. The third kappa shape index (κ3) is 8.91. The molecule has 15 heavy (non-hydrogen) atoms. The minimum atomic E-state index is -4.57. The lowest BCUT2D eigenvalue weighted by atomic mass is 10.3. The first-order chi connectivity index (χ1) is 6.66. The monoisotopic (exact) mass is 269 g/mol. The smallest absolute Gasteiger partial charge is 0.278 e. The van der Waals surface area contributed by atoms with Crippen LogP contribution in [-0.4, -0.2) is 32.8 Å². The summed E-state index contributed by atoms with van der Waals surface area (Å²) < 4.78 is 56.8. The fraction of sp³-hybridized carbons (Fsp3) is 1.00. The molecule has 0 fully saturated rings. The Hall–Kier alpha value is -0.0500. The van der Waals surface area contributed by atoms with Gasteiger partial charge >= 0.3 is 6.18 Å². The normalized spacial score (nSPS) is 15.3. The summed E-state index contributed by atoms with van der Waals surface area (Å²) in [6.45, 7) is -0.114. The highest BCUT2D eigenvalue weighted by molar-refractivity contribution is 7.89. The van der Waals surface area contributed by atoms with E-state index in [1.54, 1.807) is 6.92 Å². The first-order valence-corrected chi connectivity index (χ1v) is 6.09. The van der Waals surface area contributed by atoms with Crippen LogP contribution in [0, 0.1) is 5.92 Å². The molecule has 0 aromatic rings. The molecule has 4 nitrogen and oxygen atoms in total. The van der Waals surface area contributed by atoms with Crippen LogP contribution >= 0.6 is 11.6 Å². The molecule has 0 saturated carbocycles. The van der Waals surface area contributed by atoms with Gasteiger partial charge in [-0.2, -0.15) is 13.2 Å². The zero-order valence-electron chi connectivity index (χ0n) is 7.84. The molecule has 1 atom stereocenters. The van der Waals surface area contributed by atoms with Crippen molar-refractivity contribution in [2.45, 2.75) is 13.1 Å². The number of sulfonamides is 1. The Morgan fingerprint density at radius 1 is 1.47 bits per heavy atom. The second-order valence-corrected chi connectivity index (χ2v) is 5.07. The van der Waals surface area contributed by atoms with Crippen molar-refractivity contribution in [2.75, 3.05) is 18.2 Å². The van der Waals surface area contributed by atoms with Gasteiger partial charge in [0, 0.05) is 5.88 Å². The zero-order valence-corrected chi connectivity index (χ0v) is 9.42. The fourth-order valence-electron chi connectivity index (χ4n) is 0.654. The van der Waals surface area contributed by atoms with Gasteiger partial charge in [-0.05, 0) is 5.92 Å². The van der Waals surface area contributed by atoms with E-state index in [9.17, 15) is 21.6 Å². The van der Waals surface area contributed by atoms with Crippen molar-refractivity contribution in [3.05, 3.63) is 0 Å². The van der Waals surface area contributed by atoms with Crippen molar-refractivity contribution in [1.29, 1.82) is 0 Å². The highest BCUT2D eigenvalue weighted by Crippen LogP contribution is 2.13. The van der Waals surface area contributed by atoms with Crippen LogP contribution in [0.4, 0.5) is 13.2 Å². The largest absolute Gasteiger partial charge is 0.413 e. The van der Waals surface area contributed by atoms with E-state index in [2.05, 4.69) is 4.84 Å². The SMILES string of the molecule is CC(CCl)CS(=O)(=O)NOCC(F)(F)F. The average Bonchev–Trinajstić information content (AvgIpc) is 2.00. The van der Waals surface area contributed by atoms with E-state index in [1.807, 2.05) is 0 Å². The van der Waals surface area contributed by atoms with E-state index in [1.165, 1.54) is 4.89 Å². The summed E-state index contributed by atoms with van der Waals surface area (Å²) in [6, 6.07) is 0. The average molecular weight is 270 g/mol. The van der Waals surface area contributed by atoms with Crippen LogP contribution in [-0.2, 0) is 14.9 Å². The predicted octanol–water partition coefficient (Wildman–Crippen LogP) is 1.27. The minimum Gasteiger partial charge on any atom is -0.278 e. The van der Waals surface area contributed by atoms with Crippen LogP contribution in [0.15, 0.2) is 0 Å².